The topological polar surface area (TPSA) is 54.5 Å². The minimum atomic E-state index is -0.135. The fraction of sp³-hybridized carbons (Fsp3) is 0.400. The maximum atomic E-state index is 7.25. The van der Waals surface area contributed by atoms with Crippen LogP contribution in [0.4, 0.5) is 0 Å². The van der Waals surface area contributed by atoms with E-state index >= 15 is 0 Å². The van der Waals surface area contributed by atoms with E-state index in [0.29, 0.717) is 38.9 Å². The Hall–Kier alpha value is -7.06. The summed E-state index contributed by atoms with van der Waals surface area (Å²) in [5.41, 5.74) is 16.1. The number of hydrogen-bond acceptors (Lipinski definition) is 4. The molecular formula is C70H86N4O4+2. The second-order valence-corrected chi connectivity index (χ2v) is 25.8. The molecule has 8 nitrogen and oxygen atoms in total. The van der Waals surface area contributed by atoms with Crippen molar-refractivity contribution in [2.75, 3.05) is 27.4 Å². The maximum absolute atomic E-state index is 7.25. The van der Waals surface area contributed by atoms with Gasteiger partial charge in [0, 0.05) is 38.5 Å². The summed E-state index contributed by atoms with van der Waals surface area (Å²) in [5.74, 6) is 3.72. The Morgan fingerprint density at radius 1 is 0.385 bits per heavy atom. The SMILES string of the molecule is COc1c2cc(C(C)(C)C)cc1Cc1cc(C(C)(C)C)cc(c1OCCC[n+]1ccn(-c3ccccc3)c1)Cc1cc(C(C)(C)C)cc(c1OC)Cc1cc(C(C)(C)C)cc(c1OCCC[n+]1ccn(-c3ccccc3)c1)C2. The van der Waals surface area contributed by atoms with Gasteiger partial charge in [0.15, 0.2) is 0 Å². The Kier molecular flexibility index (Phi) is 16.2. The monoisotopic (exact) mass is 1050 g/mol. The summed E-state index contributed by atoms with van der Waals surface area (Å²) in [4.78, 5) is 0. The van der Waals surface area contributed by atoms with Crippen LogP contribution in [0.3, 0.4) is 0 Å². The van der Waals surface area contributed by atoms with Crippen molar-refractivity contribution in [3.8, 4) is 34.4 Å². The lowest BCUT2D eigenvalue weighted by Gasteiger charge is -2.29. The number of benzene rings is 6. The number of para-hydroxylation sites is 2. The Morgan fingerprint density at radius 2 is 0.654 bits per heavy atom. The molecule has 0 aliphatic heterocycles. The van der Waals surface area contributed by atoms with Crippen molar-refractivity contribution in [3.05, 3.63) is 213 Å². The van der Waals surface area contributed by atoms with Crippen LogP contribution in [0.1, 0.15) is 163 Å². The highest BCUT2D eigenvalue weighted by atomic mass is 16.5. The first-order valence-electron chi connectivity index (χ1n) is 28.3. The first-order valence-corrected chi connectivity index (χ1v) is 28.3. The van der Waals surface area contributed by atoms with Crippen LogP contribution < -0.4 is 28.1 Å². The number of fused-ring (bicyclic) bond motifs is 8. The fourth-order valence-corrected chi connectivity index (χ4v) is 10.9. The predicted molar refractivity (Wildman–Crippen MR) is 317 cm³/mol. The minimum Gasteiger partial charge on any atom is -0.496 e. The lowest BCUT2D eigenvalue weighted by Crippen LogP contribution is -2.31. The zero-order chi connectivity index (χ0) is 55.6. The van der Waals surface area contributed by atoms with E-state index in [0.717, 1.165) is 105 Å². The molecule has 0 spiro atoms. The van der Waals surface area contributed by atoms with Gasteiger partial charge in [-0.2, -0.15) is 0 Å². The van der Waals surface area contributed by atoms with Gasteiger partial charge < -0.3 is 18.9 Å². The molecule has 0 saturated heterocycles. The number of aromatic nitrogens is 4. The zero-order valence-electron chi connectivity index (χ0n) is 49.3. The van der Waals surface area contributed by atoms with Crippen molar-refractivity contribution in [1.29, 1.82) is 0 Å². The van der Waals surface area contributed by atoms with Gasteiger partial charge in [0.25, 0.3) is 0 Å². The third-order valence-electron chi connectivity index (χ3n) is 15.5. The summed E-state index contributed by atoms with van der Waals surface area (Å²) in [5, 5.41) is 0. The first kappa shape index (κ1) is 55.7. The molecule has 0 N–H and O–H groups in total. The number of methoxy groups -OCH3 is 2. The van der Waals surface area contributed by atoms with Crippen LogP contribution in [0.5, 0.6) is 23.0 Å². The Balaban J connectivity index is 1.19. The summed E-state index contributed by atoms with van der Waals surface area (Å²) in [6.07, 6.45) is 17.1. The first-order chi connectivity index (χ1) is 37.0. The summed E-state index contributed by atoms with van der Waals surface area (Å²) in [6.45, 7) is 30.6. The predicted octanol–water partition coefficient (Wildman–Crippen LogP) is 14.7. The van der Waals surface area contributed by atoms with Gasteiger partial charge in [-0.3, -0.25) is 0 Å². The average Bonchev–Trinajstić information content (AvgIpc) is 4.10. The summed E-state index contributed by atoms with van der Waals surface area (Å²) in [7, 11) is 3.69. The van der Waals surface area contributed by atoms with E-state index in [1.807, 2.05) is 14.2 Å². The molecule has 78 heavy (non-hydrogen) atoms. The highest BCUT2D eigenvalue weighted by molar-refractivity contribution is 5.60. The van der Waals surface area contributed by atoms with Crippen molar-refractivity contribution < 1.29 is 28.1 Å². The minimum absolute atomic E-state index is 0.133. The highest BCUT2D eigenvalue weighted by Crippen LogP contribution is 2.44. The normalized spacial score (nSPS) is 13.1. The standard InChI is InChI=1S/C70H86N4O4/c1-67(2,3)57-39-49-35-53-43-59(69(7,8)9)45-55(65(53)77-33-21-27-71-29-31-73(47-71)61-23-17-15-18-24-61)37-51-41-58(68(4,5)6)42-52(64(51)76-14)38-56-46-60(70(10,11)12)44-54(36-50(40-57)63(49)75-13)66(56)78-34-22-28-72-30-32-74(48-72)62-25-19-16-20-26-62/h15-20,23-26,29-32,39-48H,21-22,27-28,33-38H2,1-14H3/q+2. The van der Waals surface area contributed by atoms with Gasteiger partial charge in [0.2, 0.25) is 12.7 Å². The molecule has 6 aromatic carbocycles. The van der Waals surface area contributed by atoms with E-state index in [-0.39, 0.29) is 21.7 Å². The van der Waals surface area contributed by atoms with Crippen LogP contribution in [0, 0.1) is 0 Å². The van der Waals surface area contributed by atoms with E-state index in [9.17, 15) is 0 Å². The summed E-state index contributed by atoms with van der Waals surface area (Å²) in [6, 6.07) is 40.2. The lowest BCUT2D eigenvalue weighted by molar-refractivity contribution is -0.696. The van der Waals surface area contributed by atoms with Gasteiger partial charge in [-0.1, -0.05) is 168 Å². The molecule has 8 aromatic rings. The third kappa shape index (κ3) is 12.9. The third-order valence-corrected chi connectivity index (χ3v) is 15.5. The Bertz CT molecular complexity index is 3030. The molecule has 2 heterocycles. The van der Waals surface area contributed by atoms with Crippen molar-refractivity contribution in [1.82, 2.24) is 9.13 Å². The average molecular weight is 1050 g/mol. The maximum Gasteiger partial charge on any atom is 0.248 e. The zero-order valence-corrected chi connectivity index (χ0v) is 49.3. The molecule has 0 atom stereocenters. The van der Waals surface area contributed by atoms with E-state index in [2.05, 4.69) is 248 Å². The highest BCUT2D eigenvalue weighted by Gasteiger charge is 2.29. The van der Waals surface area contributed by atoms with Crippen LogP contribution >= 0.6 is 0 Å². The fourth-order valence-electron chi connectivity index (χ4n) is 10.9. The number of ether oxygens (including phenoxy) is 4. The largest absolute Gasteiger partial charge is 0.496 e. The Morgan fingerprint density at radius 3 is 0.910 bits per heavy atom. The lowest BCUT2D eigenvalue weighted by atomic mass is 9.79. The molecule has 1 aliphatic carbocycles. The smallest absolute Gasteiger partial charge is 0.248 e. The Labute approximate surface area is 466 Å². The number of nitrogens with zero attached hydrogens (tertiary/aromatic N) is 4. The van der Waals surface area contributed by atoms with Gasteiger partial charge >= 0.3 is 0 Å². The van der Waals surface area contributed by atoms with Crippen molar-refractivity contribution >= 4 is 0 Å². The molecule has 0 saturated carbocycles. The molecule has 1 aliphatic rings. The van der Waals surface area contributed by atoms with Crippen molar-refractivity contribution in [2.24, 2.45) is 0 Å². The molecule has 0 unspecified atom stereocenters. The number of aryl methyl sites for hydroxylation is 2. The van der Waals surface area contributed by atoms with Gasteiger partial charge in [0.1, 0.15) is 59.2 Å². The number of hydrogen-bond donors (Lipinski definition) is 0. The van der Waals surface area contributed by atoms with Crippen LogP contribution in [0.2, 0.25) is 0 Å². The molecule has 2 aromatic heterocycles. The van der Waals surface area contributed by atoms with E-state index in [4.69, 9.17) is 18.9 Å². The number of imidazole rings is 2. The molecule has 9 rings (SSSR count). The van der Waals surface area contributed by atoms with E-state index in [1.54, 1.807) is 0 Å². The molecule has 8 bridgehead atoms. The van der Waals surface area contributed by atoms with Gasteiger partial charge in [-0.05, 0) is 113 Å². The summed E-state index contributed by atoms with van der Waals surface area (Å²) >= 11 is 0. The quantitative estimate of drug-likeness (QED) is 0.0804. The summed E-state index contributed by atoms with van der Waals surface area (Å²) < 4.78 is 36.7. The molecule has 408 valence electrons. The molecule has 0 radical (unpaired) electrons. The van der Waals surface area contributed by atoms with Crippen molar-refractivity contribution in [2.45, 2.75) is 156 Å². The van der Waals surface area contributed by atoms with Crippen LogP contribution in [-0.2, 0) is 60.4 Å². The van der Waals surface area contributed by atoms with Crippen LogP contribution in [-0.4, -0.2) is 36.6 Å². The second-order valence-electron chi connectivity index (χ2n) is 25.8. The van der Waals surface area contributed by atoms with Crippen LogP contribution in [0.25, 0.3) is 11.4 Å². The molecule has 8 heteroatoms. The van der Waals surface area contributed by atoms with Gasteiger partial charge in [0.05, 0.1) is 40.5 Å². The number of rotatable bonds is 14. The van der Waals surface area contributed by atoms with E-state index in [1.165, 1.54) is 22.3 Å². The van der Waals surface area contributed by atoms with Gasteiger partial charge in [-0.15, -0.1) is 0 Å². The van der Waals surface area contributed by atoms with E-state index < -0.39 is 0 Å². The molecular weight excluding hydrogens is 961 g/mol. The van der Waals surface area contributed by atoms with Crippen molar-refractivity contribution in [3.63, 3.8) is 0 Å². The molecule has 0 amide bonds. The molecule has 0 fully saturated rings. The second kappa shape index (κ2) is 22.7. The van der Waals surface area contributed by atoms with Crippen LogP contribution in [0.15, 0.2) is 147 Å². The van der Waals surface area contributed by atoms with Gasteiger partial charge in [-0.25, -0.2) is 18.3 Å².